The molecule has 0 saturated heterocycles. The summed E-state index contributed by atoms with van der Waals surface area (Å²) >= 11 is 1.71. The van der Waals surface area contributed by atoms with Gasteiger partial charge in [-0.3, -0.25) is 9.36 Å². The maximum absolute atomic E-state index is 13.1. The average Bonchev–Trinajstić information content (AvgIpc) is 2.96. The van der Waals surface area contributed by atoms with Crippen LogP contribution in [0.4, 0.5) is 5.95 Å². The van der Waals surface area contributed by atoms with E-state index < -0.39 is 0 Å². The van der Waals surface area contributed by atoms with E-state index >= 15 is 0 Å². The molecule has 0 unspecified atom stereocenters. The number of aromatic nitrogens is 2. The molecule has 3 rings (SSSR count). The summed E-state index contributed by atoms with van der Waals surface area (Å²) in [4.78, 5) is 20.2. The Labute approximate surface area is 147 Å². The van der Waals surface area contributed by atoms with Crippen molar-refractivity contribution in [2.45, 2.75) is 58.9 Å². The zero-order valence-electron chi connectivity index (χ0n) is 14.7. The Morgan fingerprint density at radius 2 is 2.12 bits per heavy atom. The third-order valence-corrected chi connectivity index (χ3v) is 5.66. The van der Waals surface area contributed by atoms with Crippen LogP contribution < -0.4 is 10.9 Å². The first-order valence-electron chi connectivity index (χ1n) is 9.13. The highest BCUT2D eigenvalue weighted by Crippen LogP contribution is 2.34. The second-order valence-corrected chi connectivity index (χ2v) is 7.34. The van der Waals surface area contributed by atoms with Crippen LogP contribution in [0.5, 0.6) is 0 Å². The van der Waals surface area contributed by atoms with Crippen LogP contribution in [0.3, 0.4) is 0 Å². The largest absolute Gasteiger partial charge is 0.382 e. The molecule has 0 fully saturated rings. The smallest absolute Gasteiger partial charge is 0.263 e. The van der Waals surface area contributed by atoms with Crippen LogP contribution in [0.15, 0.2) is 4.79 Å². The first kappa shape index (κ1) is 17.4. The second kappa shape index (κ2) is 8.12. The minimum absolute atomic E-state index is 0.133. The van der Waals surface area contributed by atoms with Gasteiger partial charge in [0.2, 0.25) is 5.95 Å². The maximum atomic E-state index is 13.1. The Balaban J connectivity index is 1.92. The molecule has 2 aromatic rings. The van der Waals surface area contributed by atoms with E-state index in [0.29, 0.717) is 12.5 Å². The summed E-state index contributed by atoms with van der Waals surface area (Å²) in [5.74, 6) is 0.712. The normalized spacial score (nSPS) is 14.1. The minimum atomic E-state index is 0.133. The fourth-order valence-electron chi connectivity index (χ4n) is 3.32. The lowest BCUT2D eigenvalue weighted by Gasteiger charge is -2.14. The van der Waals surface area contributed by atoms with E-state index in [0.717, 1.165) is 55.7 Å². The molecular formula is C18H27N3O2S. The fourth-order valence-corrected chi connectivity index (χ4v) is 4.58. The predicted octanol–water partition coefficient (Wildman–Crippen LogP) is 3.59. The van der Waals surface area contributed by atoms with Crippen molar-refractivity contribution >= 4 is 27.5 Å². The lowest BCUT2D eigenvalue weighted by atomic mass is 9.97. The van der Waals surface area contributed by atoms with Crippen LogP contribution in [0.2, 0.25) is 0 Å². The number of anilines is 1. The number of nitrogens with one attached hydrogen (secondary N) is 1. The first-order valence-corrected chi connectivity index (χ1v) is 9.94. The molecule has 0 bridgehead atoms. The van der Waals surface area contributed by atoms with Gasteiger partial charge in [0.15, 0.2) is 0 Å². The summed E-state index contributed by atoms with van der Waals surface area (Å²) in [6.45, 7) is 7.05. The summed E-state index contributed by atoms with van der Waals surface area (Å²) in [6.07, 6.45) is 6.37. The van der Waals surface area contributed by atoms with E-state index in [4.69, 9.17) is 9.72 Å². The van der Waals surface area contributed by atoms with Gasteiger partial charge < -0.3 is 10.1 Å². The molecule has 0 atom stereocenters. The molecule has 0 aromatic carbocycles. The van der Waals surface area contributed by atoms with E-state index in [1.54, 1.807) is 11.3 Å². The van der Waals surface area contributed by atoms with E-state index in [-0.39, 0.29) is 5.56 Å². The zero-order valence-corrected chi connectivity index (χ0v) is 15.5. The van der Waals surface area contributed by atoms with Crippen LogP contribution in [-0.4, -0.2) is 29.3 Å². The van der Waals surface area contributed by atoms with Gasteiger partial charge in [0.1, 0.15) is 4.83 Å². The summed E-state index contributed by atoms with van der Waals surface area (Å²) in [7, 11) is 0. The molecule has 6 heteroatoms. The van der Waals surface area contributed by atoms with Crippen molar-refractivity contribution in [2.75, 3.05) is 25.1 Å². The Morgan fingerprint density at radius 3 is 2.92 bits per heavy atom. The summed E-state index contributed by atoms with van der Waals surface area (Å²) in [5.41, 5.74) is 1.40. The molecule has 0 spiro atoms. The van der Waals surface area contributed by atoms with Crippen molar-refractivity contribution in [1.82, 2.24) is 9.55 Å². The maximum Gasteiger partial charge on any atom is 0.263 e. The molecular weight excluding hydrogens is 322 g/mol. The van der Waals surface area contributed by atoms with Crippen LogP contribution in [-0.2, 0) is 24.1 Å². The molecule has 2 heterocycles. The molecule has 1 aliphatic carbocycles. The first-order chi connectivity index (χ1) is 11.8. The van der Waals surface area contributed by atoms with Crippen molar-refractivity contribution in [3.8, 4) is 0 Å². The van der Waals surface area contributed by atoms with Crippen molar-refractivity contribution in [3.63, 3.8) is 0 Å². The number of nitrogens with zero attached hydrogens (tertiary/aromatic N) is 2. The van der Waals surface area contributed by atoms with Crippen LogP contribution in [0.25, 0.3) is 10.2 Å². The van der Waals surface area contributed by atoms with Crippen molar-refractivity contribution in [1.29, 1.82) is 0 Å². The topological polar surface area (TPSA) is 56.1 Å². The predicted molar refractivity (Wildman–Crippen MR) is 100 cm³/mol. The van der Waals surface area contributed by atoms with Gasteiger partial charge in [0.05, 0.1) is 5.39 Å². The Kier molecular flexibility index (Phi) is 5.89. The van der Waals surface area contributed by atoms with Gasteiger partial charge in [-0.15, -0.1) is 11.3 Å². The van der Waals surface area contributed by atoms with Crippen LogP contribution in [0.1, 0.15) is 50.0 Å². The minimum Gasteiger partial charge on any atom is -0.382 e. The summed E-state index contributed by atoms with van der Waals surface area (Å²) in [6, 6.07) is 0. The number of hydrogen-bond acceptors (Lipinski definition) is 5. The third-order valence-electron chi connectivity index (χ3n) is 4.47. The number of ether oxygens (including phenoxy) is 1. The van der Waals surface area contributed by atoms with Crippen molar-refractivity contribution in [2.24, 2.45) is 0 Å². The third kappa shape index (κ3) is 3.49. The van der Waals surface area contributed by atoms with Gasteiger partial charge in [-0.25, -0.2) is 4.98 Å². The summed E-state index contributed by atoms with van der Waals surface area (Å²) < 4.78 is 7.20. The van der Waals surface area contributed by atoms with Crippen molar-refractivity contribution < 1.29 is 4.74 Å². The average molecular weight is 350 g/mol. The van der Waals surface area contributed by atoms with Crippen LogP contribution in [0, 0.1) is 0 Å². The molecule has 1 aliphatic rings. The Bertz CT molecular complexity index is 751. The van der Waals surface area contributed by atoms with Gasteiger partial charge in [0.25, 0.3) is 5.56 Å². The van der Waals surface area contributed by atoms with Crippen LogP contribution >= 0.6 is 11.3 Å². The van der Waals surface area contributed by atoms with E-state index in [9.17, 15) is 4.79 Å². The number of fused-ring (bicyclic) bond motifs is 3. The molecule has 0 saturated carbocycles. The number of thiophene rings is 1. The van der Waals surface area contributed by atoms with E-state index in [1.165, 1.54) is 23.3 Å². The zero-order chi connectivity index (χ0) is 16.9. The number of hydrogen-bond donors (Lipinski definition) is 1. The highest BCUT2D eigenvalue weighted by molar-refractivity contribution is 7.18. The standard InChI is InChI=1S/C18H27N3O2S/c1-3-11-21-17(22)15-13-8-5-6-9-14(13)24-16(15)20-18(21)19-10-7-12-23-4-2/h3-12H2,1-2H3,(H,19,20). The molecule has 132 valence electrons. The van der Waals surface area contributed by atoms with Gasteiger partial charge >= 0.3 is 0 Å². The van der Waals surface area contributed by atoms with Gasteiger partial charge in [0, 0.05) is 31.2 Å². The quantitative estimate of drug-likeness (QED) is 0.740. The lowest BCUT2D eigenvalue weighted by Crippen LogP contribution is -2.26. The van der Waals surface area contributed by atoms with Gasteiger partial charge in [-0.2, -0.15) is 0 Å². The molecule has 2 aromatic heterocycles. The Morgan fingerprint density at radius 1 is 1.29 bits per heavy atom. The lowest BCUT2D eigenvalue weighted by molar-refractivity contribution is 0.147. The number of rotatable bonds is 8. The second-order valence-electron chi connectivity index (χ2n) is 6.26. The van der Waals surface area contributed by atoms with Gasteiger partial charge in [-0.05, 0) is 51.0 Å². The monoisotopic (exact) mass is 349 g/mol. The fraction of sp³-hybridized carbons (Fsp3) is 0.667. The Hall–Kier alpha value is -1.40. The molecule has 5 nitrogen and oxygen atoms in total. The van der Waals surface area contributed by atoms with E-state index in [1.807, 2.05) is 11.5 Å². The van der Waals surface area contributed by atoms with Gasteiger partial charge in [-0.1, -0.05) is 6.92 Å². The highest BCUT2D eigenvalue weighted by Gasteiger charge is 2.21. The molecule has 1 N–H and O–H groups in total. The molecule has 0 amide bonds. The number of aryl methyl sites for hydroxylation is 2. The molecule has 0 radical (unpaired) electrons. The molecule has 24 heavy (non-hydrogen) atoms. The molecule has 0 aliphatic heterocycles. The SMILES string of the molecule is CCCn1c(NCCCOCC)nc2sc3c(c2c1=O)CCCC3. The van der Waals surface area contributed by atoms with Crippen molar-refractivity contribution in [3.05, 3.63) is 20.8 Å². The van der Waals surface area contributed by atoms with E-state index in [2.05, 4.69) is 12.2 Å². The summed E-state index contributed by atoms with van der Waals surface area (Å²) in [5, 5.41) is 4.23. The highest BCUT2D eigenvalue weighted by atomic mass is 32.1.